The van der Waals surface area contributed by atoms with Crippen LogP contribution in [0.1, 0.15) is 29.1 Å². The van der Waals surface area contributed by atoms with Crippen molar-refractivity contribution >= 4 is 45.1 Å². The minimum Gasteiger partial charge on any atom is -0.485 e. The van der Waals surface area contributed by atoms with Crippen molar-refractivity contribution in [1.29, 1.82) is 0 Å². The van der Waals surface area contributed by atoms with Crippen molar-refractivity contribution in [2.45, 2.75) is 37.5 Å². The number of fused-ring (bicyclic) bond motifs is 4. The maximum absolute atomic E-state index is 12.5. The molecule has 1 unspecified atom stereocenters. The SMILES string of the molecule is O=C(CCSCc1nc2sc3c(c2c(=O)[nH]1)CCC3)NNC(=O)C1COc2ccccc2O1. The van der Waals surface area contributed by atoms with E-state index in [4.69, 9.17) is 9.47 Å². The minimum atomic E-state index is -0.842. The number of hydrogen-bond donors (Lipinski definition) is 3. The predicted octanol–water partition coefficient (Wildman–Crippen LogP) is 2.08. The van der Waals surface area contributed by atoms with E-state index in [0.29, 0.717) is 28.8 Å². The molecule has 1 atom stereocenters. The highest BCUT2D eigenvalue weighted by Crippen LogP contribution is 2.34. The van der Waals surface area contributed by atoms with Crippen LogP contribution in [0.4, 0.5) is 0 Å². The van der Waals surface area contributed by atoms with Crippen LogP contribution >= 0.6 is 23.1 Å². The number of hydrogen-bond acceptors (Lipinski definition) is 8. The topological polar surface area (TPSA) is 122 Å². The van der Waals surface area contributed by atoms with E-state index in [-0.39, 0.29) is 24.5 Å². The Kier molecular flexibility index (Phi) is 6.23. The van der Waals surface area contributed by atoms with Gasteiger partial charge in [-0.15, -0.1) is 11.3 Å². The first-order chi connectivity index (χ1) is 16.1. The van der Waals surface area contributed by atoms with E-state index in [1.54, 1.807) is 29.5 Å². The first kappa shape index (κ1) is 21.8. The van der Waals surface area contributed by atoms with E-state index in [0.717, 1.165) is 35.0 Å². The number of nitrogens with one attached hydrogen (secondary N) is 3. The summed E-state index contributed by atoms with van der Waals surface area (Å²) >= 11 is 3.10. The lowest BCUT2D eigenvalue weighted by Crippen LogP contribution is -2.50. The van der Waals surface area contributed by atoms with Crippen LogP contribution in [0.2, 0.25) is 0 Å². The number of carbonyl (C=O) groups excluding carboxylic acids is 2. The molecule has 9 nitrogen and oxygen atoms in total. The summed E-state index contributed by atoms with van der Waals surface area (Å²) in [7, 11) is 0. The van der Waals surface area contributed by atoms with Crippen LogP contribution < -0.4 is 25.9 Å². The van der Waals surface area contributed by atoms with Crippen molar-refractivity contribution in [3.05, 3.63) is 50.9 Å². The summed E-state index contributed by atoms with van der Waals surface area (Å²) < 4.78 is 11.1. The fraction of sp³-hybridized carbons (Fsp3) is 0.364. The van der Waals surface area contributed by atoms with Gasteiger partial charge in [-0.1, -0.05) is 12.1 Å². The van der Waals surface area contributed by atoms with Gasteiger partial charge in [0.1, 0.15) is 17.3 Å². The van der Waals surface area contributed by atoms with Gasteiger partial charge in [0.15, 0.2) is 11.5 Å². The van der Waals surface area contributed by atoms with E-state index in [2.05, 4.69) is 20.8 Å². The Labute approximate surface area is 197 Å². The Bertz CT molecular complexity index is 1270. The summed E-state index contributed by atoms with van der Waals surface area (Å²) in [5, 5.41) is 0.743. The first-order valence-corrected chi connectivity index (χ1v) is 12.6. The van der Waals surface area contributed by atoms with Crippen molar-refractivity contribution in [2.75, 3.05) is 12.4 Å². The zero-order valence-electron chi connectivity index (χ0n) is 17.6. The molecule has 0 radical (unpaired) electrons. The number of H-pyrrole nitrogens is 1. The summed E-state index contributed by atoms with van der Waals surface area (Å²) in [4.78, 5) is 46.4. The second kappa shape index (κ2) is 9.44. The minimum absolute atomic E-state index is 0.0668. The van der Waals surface area contributed by atoms with Gasteiger partial charge in [0.25, 0.3) is 11.5 Å². The molecule has 3 heterocycles. The highest BCUT2D eigenvalue weighted by Gasteiger charge is 2.27. The molecule has 2 aromatic heterocycles. The number of benzene rings is 1. The van der Waals surface area contributed by atoms with Gasteiger partial charge in [0.2, 0.25) is 12.0 Å². The molecule has 2 aliphatic rings. The zero-order chi connectivity index (χ0) is 22.8. The second-order valence-electron chi connectivity index (χ2n) is 7.75. The maximum atomic E-state index is 12.5. The lowest BCUT2D eigenvalue weighted by atomic mass is 10.2. The summed E-state index contributed by atoms with van der Waals surface area (Å²) in [6, 6.07) is 7.09. The Morgan fingerprint density at radius 1 is 1.21 bits per heavy atom. The van der Waals surface area contributed by atoms with Gasteiger partial charge in [-0.25, -0.2) is 4.98 Å². The molecule has 3 aromatic rings. The summed E-state index contributed by atoms with van der Waals surface area (Å²) in [5.41, 5.74) is 5.86. The lowest BCUT2D eigenvalue weighted by Gasteiger charge is -2.25. The highest BCUT2D eigenvalue weighted by molar-refractivity contribution is 7.98. The summed E-state index contributed by atoms with van der Waals surface area (Å²) in [6.07, 6.45) is 2.44. The number of para-hydroxylation sites is 2. The van der Waals surface area contributed by atoms with Crippen LogP contribution in [0, 0.1) is 0 Å². The molecule has 172 valence electrons. The number of carbonyl (C=O) groups is 2. The van der Waals surface area contributed by atoms with Gasteiger partial charge in [0, 0.05) is 17.1 Å². The smallest absolute Gasteiger partial charge is 0.283 e. The Balaban J connectivity index is 1.05. The third-order valence-electron chi connectivity index (χ3n) is 5.46. The predicted molar refractivity (Wildman–Crippen MR) is 126 cm³/mol. The van der Waals surface area contributed by atoms with Gasteiger partial charge in [-0.2, -0.15) is 11.8 Å². The number of ether oxygens (including phenoxy) is 2. The number of amides is 2. The Hall–Kier alpha value is -3.05. The van der Waals surface area contributed by atoms with E-state index in [1.165, 1.54) is 16.6 Å². The standard InChI is InChI=1S/C22H22N4O5S2/c27-18(25-26-20(28)15-10-30-13-5-1-2-6-14(13)31-15)8-9-32-11-17-23-21(29)19-12-4-3-7-16(12)33-22(19)24-17/h1-2,5-6,15H,3-4,7-11H2,(H,25,27)(H,26,28)(H,23,24,29). The Morgan fingerprint density at radius 3 is 2.94 bits per heavy atom. The third-order valence-corrected chi connectivity index (χ3v) is 7.62. The van der Waals surface area contributed by atoms with Crippen molar-refractivity contribution in [2.24, 2.45) is 0 Å². The highest BCUT2D eigenvalue weighted by atomic mass is 32.2. The van der Waals surface area contributed by atoms with Crippen LogP contribution in [0.25, 0.3) is 10.2 Å². The number of aryl methyl sites for hydroxylation is 2. The second-order valence-corrected chi connectivity index (χ2v) is 9.94. The van der Waals surface area contributed by atoms with Gasteiger partial charge in [-0.3, -0.25) is 25.2 Å². The number of thiophene rings is 1. The summed E-state index contributed by atoms with van der Waals surface area (Å²) in [5.74, 6) is 1.90. The van der Waals surface area contributed by atoms with Crippen molar-refractivity contribution in [3.63, 3.8) is 0 Å². The van der Waals surface area contributed by atoms with Gasteiger partial charge < -0.3 is 14.5 Å². The molecule has 0 bridgehead atoms. The van der Waals surface area contributed by atoms with Gasteiger partial charge >= 0.3 is 0 Å². The van der Waals surface area contributed by atoms with Crippen molar-refractivity contribution < 1.29 is 19.1 Å². The fourth-order valence-electron chi connectivity index (χ4n) is 3.87. The quantitative estimate of drug-likeness (QED) is 0.360. The summed E-state index contributed by atoms with van der Waals surface area (Å²) in [6.45, 7) is 0.0668. The molecule has 0 saturated heterocycles. The molecule has 33 heavy (non-hydrogen) atoms. The van der Waals surface area contributed by atoms with Crippen LogP contribution in [0.15, 0.2) is 29.1 Å². The van der Waals surface area contributed by atoms with Crippen LogP contribution in [-0.2, 0) is 28.2 Å². The molecule has 1 aromatic carbocycles. The molecule has 3 N–H and O–H groups in total. The zero-order valence-corrected chi connectivity index (χ0v) is 19.3. The number of rotatable bonds is 6. The molecule has 0 spiro atoms. The average Bonchev–Trinajstić information content (AvgIpc) is 3.41. The molecule has 1 aliphatic carbocycles. The van der Waals surface area contributed by atoms with E-state index in [9.17, 15) is 14.4 Å². The molecule has 5 rings (SSSR count). The molecular weight excluding hydrogens is 464 g/mol. The Morgan fingerprint density at radius 2 is 2.06 bits per heavy atom. The maximum Gasteiger partial charge on any atom is 0.283 e. The van der Waals surface area contributed by atoms with Crippen molar-refractivity contribution in [3.8, 4) is 11.5 Å². The first-order valence-electron chi connectivity index (χ1n) is 10.7. The lowest BCUT2D eigenvalue weighted by molar-refractivity contribution is -0.135. The molecule has 11 heteroatoms. The number of aromatic amines is 1. The monoisotopic (exact) mass is 486 g/mol. The van der Waals surface area contributed by atoms with Crippen LogP contribution in [0.5, 0.6) is 11.5 Å². The number of aromatic nitrogens is 2. The van der Waals surface area contributed by atoms with Gasteiger partial charge in [-0.05, 0) is 37.0 Å². The number of thioether (sulfide) groups is 1. The van der Waals surface area contributed by atoms with Crippen LogP contribution in [-0.4, -0.2) is 40.2 Å². The number of hydrazine groups is 1. The average molecular weight is 487 g/mol. The molecule has 1 aliphatic heterocycles. The third kappa shape index (κ3) is 4.69. The molecule has 2 amide bonds. The fourth-order valence-corrected chi connectivity index (χ4v) is 5.96. The van der Waals surface area contributed by atoms with Crippen molar-refractivity contribution in [1.82, 2.24) is 20.8 Å². The molecule has 0 saturated carbocycles. The molecular formula is C22H22N4O5S2. The van der Waals surface area contributed by atoms with Gasteiger partial charge in [0.05, 0.1) is 11.1 Å². The molecule has 0 fully saturated rings. The van der Waals surface area contributed by atoms with Crippen LogP contribution in [0.3, 0.4) is 0 Å². The largest absolute Gasteiger partial charge is 0.485 e. The van der Waals surface area contributed by atoms with E-state index < -0.39 is 12.0 Å². The van der Waals surface area contributed by atoms with E-state index >= 15 is 0 Å². The van der Waals surface area contributed by atoms with E-state index in [1.807, 2.05) is 6.07 Å². The number of nitrogens with zero attached hydrogens (tertiary/aromatic N) is 1. The normalized spacial score (nSPS) is 16.4.